The molecule has 0 radical (unpaired) electrons. The molecule has 2 N–H and O–H groups in total. The lowest BCUT2D eigenvalue weighted by molar-refractivity contribution is 0.530. The normalized spacial score (nSPS) is 10.5. The van der Waals surface area contributed by atoms with Gasteiger partial charge in [0.25, 0.3) is 0 Å². The summed E-state index contributed by atoms with van der Waals surface area (Å²) < 4.78 is 5.24. The molecular weight excluding hydrogens is 208 g/mol. The molecule has 0 amide bonds. The van der Waals surface area contributed by atoms with Gasteiger partial charge in [0.05, 0.1) is 28.9 Å². The van der Waals surface area contributed by atoms with Crippen LogP contribution in [0.5, 0.6) is 0 Å². The Balaban J connectivity index is 2.02. The number of pyridine rings is 1. The number of nitrogens with two attached hydrogens (primary N) is 1. The second-order valence-electron chi connectivity index (χ2n) is 3.25. The highest BCUT2D eigenvalue weighted by molar-refractivity contribution is 7.98. The number of hydrogen-bond acceptors (Lipinski definition) is 4. The predicted molar refractivity (Wildman–Crippen MR) is 61.7 cm³/mol. The standard InChI is InChI=1S/C11H12N2OS/c1-8-5-11(13-6-10(8)12)15-7-9-3-2-4-14-9/h2-6H,7,12H2,1H3. The topological polar surface area (TPSA) is 52.0 Å². The van der Waals surface area contributed by atoms with E-state index in [1.807, 2.05) is 25.1 Å². The maximum atomic E-state index is 5.69. The van der Waals surface area contributed by atoms with Crippen molar-refractivity contribution < 1.29 is 4.42 Å². The molecule has 0 saturated heterocycles. The molecule has 0 unspecified atom stereocenters. The number of aromatic nitrogens is 1. The van der Waals surface area contributed by atoms with Gasteiger partial charge < -0.3 is 10.2 Å². The van der Waals surface area contributed by atoms with Gasteiger partial charge in [-0.1, -0.05) is 11.8 Å². The molecule has 0 bridgehead atoms. The molecule has 0 aliphatic rings. The Labute approximate surface area is 92.7 Å². The lowest BCUT2D eigenvalue weighted by Gasteiger charge is -2.02. The molecule has 0 atom stereocenters. The first kappa shape index (κ1) is 10.1. The zero-order valence-electron chi connectivity index (χ0n) is 8.43. The summed E-state index contributed by atoms with van der Waals surface area (Å²) in [6.07, 6.45) is 3.37. The van der Waals surface area contributed by atoms with Crippen LogP contribution >= 0.6 is 11.8 Å². The first-order chi connectivity index (χ1) is 7.25. The summed E-state index contributed by atoms with van der Waals surface area (Å²) >= 11 is 1.64. The van der Waals surface area contributed by atoms with E-state index < -0.39 is 0 Å². The van der Waals surface area contributed by atoms with Crippen molar-refractivity contribution in [3.8, 4) is 0 Å². The highest BCUT2D eigenvalue weighted by Crippen LogP contribution is 2.23. The van der Waals surface area contributed by atoms with E-state index in [1.165, 1.54) is 0 Å². The van der Waals surface area contributed by atoms with E-state index in [1.54, 1.807) is 24.2 Å². The first-order valence-corrected chi connectivity index (χ1v) is 5.61. The smallest absolute Gasteiger partial charge is 0.114 e. The average molecular weight is 220 g/mol. The van der Waals surface area contributed by atoms with Crippen LogP contribution in [0.25, 0.3) is 0 Å². The van der Waals surface area contributed by atoms with E-state index in [0.29, 0.717) is 0 Å². The Morgan fingerprint density at radius 1 is 1.53 bits per heavy atom. The minimum Gasteiger partial charge on any atom is -0.468 e. The molecule has 0 aliphatic carbocycles. The molecule has 2 aromatic rings. The molecule has 0 spiro atoms. The second kappa shape index (κ2) is 4.40. The highest BCUT2D eigenvalue weighted by atomic mass is 32.2. The van der Waals surface area contributed by atoms with Gasteiger partial charge in [-0.25, -0.2) is 4.98 Å². The van der Waals surface area contributed by atoms with Gasteiger partial charge in [0.2, 0.25) is 0 Å². The van der Waals surface area contributed by atoms with Crippen LogP contribution in [0.2, 0.25) is 0 Å². The van der Waals surface area contributed by atoms with Crippen molar-refractivity contribution in [3.05, 3.63) is 42.0 Å². The van der Waals surface area contributed by atoms with Crippen LogP contribution in [-0.2, 0) is 5.75 Å². The van der Waals surface area contributed by atoms with E-state index in [9.17, 15) is 0 Å². The molecule has 2 aromatic heterocycles. The van der Waals surface area contributed by atoms with Crippen LogP contribution in [0.3, 0.4) is 0 Å². The van der Waals surface area contributed by atoms with Crippen LogP contribution in [-0.4, -0.2) is 4.98 Å². The monoisotopic (exact) mass is 220 g/mol. The minimum atomic E-state index is 0.734. The number of aryl methyl sites for hydroxylation is 1. The molecule has 0 saturated carbocycles. The van der Waals surface area contributed by atoms with Crippen molar-refractivity contribution in [1.82, 2.24) is 4.98 Å². The summed E-state index contributed by atoms with van der Waals surface area (Å²) in [5.41, 5.74) is 7.48. The van der Waals surface area contributed by atoms with Crippen LogP contribution in [0.15, 0.2) is 40.1 Å². The van der Waals surface area contributed by atoms with Crippen molar-refractivity contribution in [2.45, 2.75) is 17.7 Å². The minimum absolute atomic E-state index is 0.734. The maximum Gasteiger partial charge on any atom is 0.114 e. The van der Waals surface area contributed by atoms with Gasteiger partial charge in [-0.15, -0.1) is 0 Å². The molecular formula is C11H12N2OS. The van der Waals surface area contributed by atoms with Crippen LogP contribution in [0.1, 0.15) is 11.3 Å². The zero-order chi connectivity index (χ0) is 10.7. The van der Waals surface area contributed by atoms with E-state index >= 15 is 0 Å². The first-order valence-electron chi connectivity index (χ1n) is 4.63. The Morgan fingerprint density at radius 2 is 2.40 bits per heavy atom. The summed E-state index contributed by atoms with van der Waals surface area (Å²) in [6.45, 7) is 1.98. The van der Waals surface area contributed by atoms with E-state index in [4.69, 9.17) is 10.2 Å². The zero-order valence-corrected chi connectivity index (χ0v) is 9.25. The van der Waals surface area contributed by atoms with Crippen molar-refractivity contribution in [2.75, 3.05) is 5.73 Å². The quantitative estimate of drug-likeness (QED) is 0.808. The summed E-state index contributed by atoms with van der Waals surface area (Å²) in [5.74, 6) is 1.75. The van der Waals surface area contributed by atoms with Crippen molar-refractivity contribution in [3.63, 3.8) is 0 Å². The van der Waals surface area contributed by atoms with Crippen molar-refractivity contribution in [1.29, 1.82) is 0 Å². The van der Waals surface area contributed by atoms with E-state index in [-0.39, 0.29) is 0 Å². The van der Waals surface area contributed by atoms with Gasteiger partial charge in [-0.05, 0) is 30.7 Å². The molecule has 0 aromatic carbocycles. The number of nitrogen functional groups attached to an aromatic ring is 1. The third-order valence-electron chi connectivity index (χ3n) is 2.07. The SMILES string of the molecule is Cc1cc(SCc2ccco2)ncc1N. The van der Waals surface area contributed by atoms with Crippen molar-refractivity contribution in [2.24, 2.45) is 0 Å². The van der Waals surface area contributed by atoms with Gasteiger partial charge in [-0.3, -0.25) is 0 Å². The fourth-order valence-corrected chi connectivity index (χ4v) is 2.00. The second-order valence-corrected chi connectivity index (χ2v) is 4.24. The Bertz CT molecular complexity index is 440. The van der Waals surface area contributed by atoms with E-state index in [0.717, 1.165) is 27.8 Å². The molecule has 2 heterocycles. The largest absolute Gasteiger partial charge is 0.468 e. The van der Waals surface area contributed by atoms with Gasteiger partial charge >= 0.3 is 0 Å². The Morgan fingerprint density at radius 3 is 3.07 bits per heavy atom. The van der Waals surface area contributed by atoms with Gasteiger partial charge in [-0.2, -0.15) is 0 Å². The number of furan rings is 1. The third-order valence-corrected chi connectivity index (χ3v) is 3.02. The van der Waals surface area contributed by atoms with Gasteiger partial charge in [0, 0.05) is 0 Å². The lowest BCUT2D eigenvalue weighted by Crippen LogP contribution is -1.91. The third kappa shape index (κ3) is 2.53. The summed E-state index contributed by atoms with van der Waals surface area (Å²) in [4.78, 5) is 4.23. The number of hydrogen-bond donors (Lipinski definition) is 1. The number of thioether (sulfide) groups is 1. The van der Waals surface area contributed by atoms with E-state index in [2.05, 4.69) is 4.98 Å². The lowest BCUT2D eigenvalue weighted by atomic mass is 10.3. The summed E-state index contributed by atoms with van der Waals surface area (Å²) in [7, 11) is 0. The van der Waals surface area contributed by atoms with Crippen LogP contribution < -0.4 is 5.73 Å². The van der Waals surface area contributed by atoms with Gasteiger partial charge in [0.1, 0.15) is 5.76 Å². The molecule has 78 valence electrons. The molecule has 3 nitrogen and oxygen atoms in total. The predicted octanol–water partition coefficient (Wildman–Crippen LogP) is 2.86. The molecule has 2 rings (SSSR count). The molecule has 15 heavy (non-hydrogen) atoms. The number of nitrogens with zero attached hydrogens (tertiary/aromatic N) is 1. The summed E-state index contributed by atoms with van der Waals surface area (Å²) in [5, 5.41) is 0.970. The fourth-order valence-electron chi connectivity index (χ4n) is 1.16. The van der Waals surface area contributed by atoms with Crippen molar-refractivity contribution >= 4 is 17.4 Å². The average Bonchev–Trinajstić information content (AvgIpc) is 2.73. The van der Waals surface area contributed by atoms with Crippen LogP contribution in [0.4, 0.5) is 5.69 Å². The van der Waals surface area contributed by atoms with Gasteiger partial charge in [0.15, 0.2) is 0 Å². The highest BCUT2D eigenvalue weighted by Gasteiger charge is 2.01. The summed E-state index contributed by atoms with van der Waals surface area (Å²) in [6, 6.07) is 5.83. The Hall–Kier alpha value is -1.42. The van der Waals surface area contributed by atoms with Crippen LogP contribution in [0, 0.1) is 6.92 Å². The fraction of sp³-hybridized carbons (Fsp3) is 0.182. The number of anilines is 1. The number of rotatable bonds is 3. The maximum absolute atomic E-state index is 5.69. The molecule has 0 aliphatic heterocycles. The molecule has 0 fully saturated rings. The molecule has 4 heteroatoms. The Kier molecular flexibility index (Phi) is 2.97.